The summed E-state index contributed by atoms with van der Waals surface area (Å²) in [6.45, 7) is 0. The second-order valence-corrected chi connectivity index (χ2v) is 22.7. The largest absolute Gasteiger partial charge is 1.00 e. The van der Waals surface area contributed by atoms with Crippen LogP contribution in [-0.2, 0) is 24.6 Å². The van der Waals surface area contributed by atoms with Gasteiger partial charge < -0.3 is 34.0 Å². The van der Waals surface area contributed by atoms with Crippen LogP contribution in [0.1, 0.15) is 60.8 Å². The molecule has 0 spiro atoms. The summed E-state index contributed by atoms with van der Waals surface area (Å²) >= 11 is 7.46. The number of benzene rings is 4. The van der Waals surface area contributed by atoms with Gasteiger partial charge in [0.15, 0.2) is 0 Å². The van der Waals surface area contributed by atoms with Crippen molar-refractivity contribution in [3.05, 3.63) is 144 Å². The van der Waals surface area contributed by atoms with Crippen LogP contribution in [0.25, 0.3) is 0 Å². The third-order valence-electron chi connectivity index (χ3n) is 8.99. The fraction of sp³-hybridized carbons (Fsp3) is 0.400. The van der Waals surface area contributed by atoms with E-state index in [4.69, 9.17) is 0 Å². The van der Waals surface area contributed by atoms with Crippen LogP contribution in [0.15, 0.2) is 121 Å². The zero-order valence-electron chi connectivity index (χ0n) is 27.3. The first kappa shape index (κ1) is 41.8. The summed E-state index contributed by atoms with van der Waals surface area (Å²) in [5.74, 6) is 0. The number of halogens is 4. The highest BCUT2D eigenvalue weighted by atomic mass is 79.9. The summed E-state index contributed by atoms with van der Waals surface area (Å²) in [4.78, 5) is 0. The van der Waals surface area contributed by atoms with Gasteiger partial charge in [-0.05, 0) is 60.8 Å². The van der Waals surface area contributed by atoms with E-state index in [1.807, 2.05) is 0 Å². The Bertz CT molecular complexity index is 1100. The first-order chi connectivity index (χ1) is 21.6. The molecule has 0 nitrogen and oxygen atoms in total. The summed E-state index contributed by atoms with van der Waals surface area (Å²) in [6, 6.07) is 45.6. The topological polar surface area (TPSA) is 0 Å². The Balaban J connectivity index is 0.00000368. The van der Waals surface area contributed by atoms with Gasteiger partial charge in [-0.15, -0.1) is 0 Å². The maximum atomic E-state index is 3.73. The van der Waals surface area contributed by atoms with Crippen molar-refractivity contribution in [2.75, 3.05) is 35.3 Å². The van der Waals surface area contributed by atoms with Gasteiger partial charge in [0.05, 0.1) is 49.3 Å². The van der Waals surface area contributed by atoms with Gasteiger partial charge in [-0.1, -0.05) is 153 Å². The van der Waals surface area contributed by atoms with E-state index in [0.717, 1.165) is 10.7 Å². The van der Waals surface area contributed by atoms with E-state index in [2.05, 4.69) is 153 Å². The lowest BCUT2D eigenvalue weighted by atomic mass is 10.2. The van der Waals surface area contributed by atoms with Gasteiger partial charge in [-0.25, -0.2) is 0 Å². The Kier molecular flexibility index (Phi) is 21.7. The average Bonchev–Trinajstić information content (AvgIpc) is 3.05. The zero-order chi connectivity index (χ0) is 30.8. The molecule has 0 N–H and O–H groups in total. The molecule has 0 aliphatic heterocycles. The predicted octanol–water partition coefficient (Wildman–Crippen LogP) is 6.96. The highest BCUT2D eigenvalue weighted by Gasteiger charge is 2.40. The Morgan fingerprint density at radius 1 is 0.326 bits per heavy atom. The molecule has 0 atom stereocenters. The molecule has 0 aliphatic rings. The van der Waals surface area contributed by atoms with E-state index < -0.39 is 14.5 Å². The van der Waals surface area contributed by atoms with E-state index in [1.165, 1.54) is 87.8 Å². The first-order valence-electron chi connectivity index (χ1n) is 16.6. The molecule has 250 valence electrons. The van der Waals surface area contributed by atoms with Crippen molar-refractivity contribution in [1.29, 1.82) is 0 Å². The average molecular weight is 914 g/mol. The fourth-order valence-electron chi connectivity index (χ4n) is 6.83. The molecular formula is C40H52Br4P2. The van der Waals surface area contributed by atoms with Crippen LogP contribution in [-0.4, -0.2) is 35.3 Å². The molecule has 46 heavy (non-hydrogen) atoms. The summed E-state index contributed by atoms with van der Waals surface area (Å²) in [6.07, 6.45) is 18.7. The molecule has 4 aromatic rings. The lowest BCUT2D eigenvalue weighted by Crippen LogP contribution is -3.00. The highest BCUT2D eigenvalue weighted by molar-refractivity contribution is 9.09. The van der Waals surface area contributed by atoms with Crippen molar-refractivity contribution < 1.29 is 34.0 Å². The van der Waals surface area contributed by atoms with E-state index >= 15 is 0 Å². The lowest BCUT2D eigenvalue weighted by molar-refractivity contribution is -0.00100. The molecule has 0 aromatic heterocycles. The van der Waals surface area contributed by atoms with E-state index in [0.29, 0.717) is 0 Å². The van der Waals surface area contributed by atoms with Crippen LogP contribution in [0.2, 0.25) is 0 Å². The van der Waals surface area contributed by atoms with Gasteiger partial charge in [0, 0.05) is 25.2 Å². The van der Waals surface area contributed by atoms with Gasteiger partial charge in [0.2, 0.25) is 0 Å². The molecule has 0 unspecified atom stereocenters. The Hall–Kier alpha value is -0.340. The zero-order valence-corrected chi connectivity index (χ0v) is 35.4. The summed E-state index contributed by atoms with van der Waals surface area (Å²) in [7, 11) is -2.45. The van der Waals surface area contributed by atoms with Crippen LogP contribution in [0, 0.1) is 0 Å². The van der Waals surface area contributed by atoms with Gasteiger partial charge in [-0.2, -0.15) is 0 Å². The minimum atomic E-state index is -1.23. The van der Waals surface area contributed by atoms with Crippen molar-refractivity contribution in [3.8, 4) is 0 Å². The van der Waals surface area contributed by atoms with Crippen molar-refractivity contribution in [3.63, 3.8) is 0 Å². The van der Waals surface area contributed by atoms with Gasteiger partial charge in [0.25, 0.3) is 0 Å². The van der Waals surface area contributed by atoms with Crippen LogP contribution in [0.5, 0.6) is 0 Å². The summed E-state index contributed by atoms with van der Waals surface area (Å²) in [5, 5.41) is 2.23. The first-order valence-corrected chi connectivity index (χ1v) is 23.9. The molecule has 0 amide bonds. The van der Waals surface area contributed by atoms with Crippen molar-refractivity contribution in [1.82, 2.24) is 0 Å². The number of rotatable bonds is 21. The molecule has 0 saturated heterocycles. The van der Waals surface area contributed by atoms with Crippen molar-refractivity contribution in [2.24, 2.45) is 0 Å². The van der Waals surface area contributed by atoms with Crippen LogP contribution in [0.4, 0.5) is 0 Å². The molecule has 0 fully saturated rings. The number of hydrogen-bond acceptors (Lipinski definition) is 0. The highest BCUT2D eigenvalue weighted by Crippen LogP contribution is 2.67. The normalized spacial score (nSPS) is 11.4. The molecule has 0 saturated carbocycles. The Morgan fingerprint density at radius 3 is 0.761 bits per heavy atom. The van der Waals surface area contributed by atoms with Crippen molar-refractivity contribution >= 4 is 46.4 Å². The second-order valence-electron chi connectivity index (χ2n) is 12.7. The Morgan fingerprint density at radius 2 is 0.543 bits per heavy atom. The molecule has 4 rings (SSSR count). The lowest BCUT2D eigenvalue weighted by Gasteiger charge is -2.30. The minimum absolute atomic E-state index is 0. The minimum Gasteiger partial charge on any atom is -1.00 e. The van der Waals surface area contributed by atoms with Crippen LogP contribution < -0.4 is 34.0 Å². The molecule has 0 bridgehead atoms. The van der Waals surface area contributed by atoms with E-state index in [1.54, 1.807) is 22.3 Å². The summed E-state index contributed by atoms with van der Waals surface area (Å²) in [5.41, 5.74) is 6.17. The number of hydrogen-bond donors (Lipinski definition) is 0. The molecule has 0 aliphatic carbocycles. The number of unbranched alkanes of at least 4 members (excludes halogenated alkanes) is 3. The standard InChI is InChI=1S/C40H52Br2P2.2BrH/c41-27-13-15-29-43(33-37-19-5-1-6-20-37,34-38-21-7-2-8-22-38)31-17-18-32-44(30-16-14-28-42,35-39-23-9-3-10-24-39)36-40-25-11-4-12-26-40;;/h1-12,19-26H,13-18,27-36H2;2*1H/q+2;;/p-2. The number of alkyl halides is 2. The molecule has 0 heterocycles. The summed E-state index contributed by atoms with van der Waals surface area (Å²) < 4.78 is 0. The van der Waals surface area contributed by atoms with Gasteiger partial charge in [-0.3, -0.25) is 0 Å². The monoisotopic (exact) mass is 910 g/mol. The van der Waals surface area contributed by atoms with Crippen molar-refractivity contribution in [2.45, 2.75) is 63.2 Å². The maximum Gasteiger partial charge on any atom is 0.0846 e. The van der Waals surface area contributed by atoms with E-state index in [9.17, 15) is 0 Å². The SMILES string of the molecule is BrCCCC[P+](CCCC[P+](CCCCBr)(Cc1ccccc1)Cc1ccccc1)(Cc1ccccc1)Cc1ccccc1.[Br-].[Br-]. The predicted molar refractivity (Wildman–Crippen MR) is 209 cm³/mol. The fourth-order valence-corrected chi connectivity index (χ4v) is 17.1. The Labute approximate surface area is 319 Å². The smallest absolute Gasteiger partial charge is 0.0846 e. The van der Waals surface area contributed by atoms with Gasteiger partial charge in [0.1, 0.15) is 0 Å². The maximum absolute atomic E-state index is 3.73. The molecular weight excluding hydrogens is 862 g/mol. The molecule has 4 aromatic carbocycles. The molecule has 6 heteroatoms. The van der Waals surface area contributed by atoms with Crippen LogP contribution in [0.3, 0.4) is 0 Å². The van der Waals surface area contributed by atoms with Gasteiger partial charge >= 0.3 is 0 Å². The molecule has 0 radical (unpaired) electrons. The second kappa shape index (κ2) is 23.9. The quantitative estimate of drug-likeness (QED) is 0.0483. The third-order valence-corrected chi connectivity index (χ3v) is 19.3. The van der Waals surface area contributed by atoms with Crippen LogP contribution >= 0.6 is 46.4 Å². The van der Waals surface area contributed by atoms with E-state index in [-0.39, 0.29) is 34.0 Å². The third kappa shape index (κ3) is 15.0.